The molecule has 0 amide bonds. The second-order valence-corrected chi connectivity index (χ2v) is 37.6. The molecule has 0 N–H and O–H groups in total. The van der Waals surface area contributed by atoms with Crippen molar-refractivity contribution < 1.29 is 23.8 Å². The standard InChI is InChI=1S/2C29H32N.2C28H32N/c1-18-9-8-12-25-24(18)13-14-26-28(25)16-20(3)30(5)29(26)27-17-23(15-19(2)21(27)4)22-10-6-7-11-22;1-18-10-12-25-23(14-18)11-13-26-28(25)16-20(3)30(5)29(26)27-17-24(15-19(2)21(27)4)22-8-6-7-9-22;1-17-9-11-23-21(13-17)10-12-24-26(23)15-19(3)29(8)27(24)25-16-22(28(5,6)7)14-18(2)20(25)4;1-17-10-9-11-23-22(17)12-13-24-26(23)15-19(3)29(8)27(24)25-16-21(28(5,6)7)14-18(2)20(25)4/h8-9,12-17,22H,6-7,10-11H2,1-5H3;10-17,22H,6-9H2,1-5H3;2*9-16H,1-8H3/q4*+1/i2*16D;2*15D. The molecule has 0 bridgehead atoms. The Balaban J connectivity index is 0.000000126. The summed E-state index contributed by atoms with van der Waals surface area (Å²) >= 11 is 0. The zero-order valence-electron chi connectivity index (χ0n) is 79.8. The molecule has 118 heavy (non-hydrogen) atoms. The van der Waals surface area contributed by atoms with Crippen molar-refractivity contribution in [2.24, 2.45) is 28.2 Å². The molecule has 0 aliphatic heterocycles. The van der Waals surface area contributed by atoms with Crippen LogP contribution in [0.5, 0.6) is 0 Å². The highest BCUT2D eigenvalue weighted by Gasteiger charge is 2.31. The predicted octanol–water partition coefficient (Wildman–Crippen LogP) is 28.8. The van der Waals surface area contributed by atoms with Gasteiger partial charge in [0.2, 0.25) is 22.8 Å². The lowest BCUT2D eigenvalue weighted by Crippen LogP contribution is -2.35. The van der Waals surface area contributed by atoms with Crippen LogP contribution < -0.4 is 18.3 Å². The van der Waals surface area contributed by atoms with Crippen LogP contribution in [0, 0.1) is 111 Å². The molecule has 4 heterocycles. The summed E-state index contributed by atoms with van der Waals surface area (Å²) in [6.07, 6.45) is 10.6. The molecule has 4 aromatic heterocycles. The SMILES string of the molecule is [2H]c1c(C)[n+](C)c(-c2cc(C(C)(C)C)cc(C)c2C)c2ccc3c(C)cccc3c12.[2H]c1c(C)[n+](C)c(-c2cc(C(C)(C)C)cc(C)c2C)c2ccc3cc(C)ccc3c12.[2H]c1c(C)[n+](C)c(-c2cc(C3CCCC3)cc(C)c2C)c2ccc3c(C)cccc3c12.[2H]c1c(C)[n+](C)c(-c2cc(C3CCCC3)cc(C)c2C)c2ccc3cc(C)ccc3c12. The first-order chi connectivity index (χ1) is 57.8. The van der Waals surface area contributed by atoms with Gasteiger partial charge in [-0.05, 0) is 301 Å². The lowest BCUT2D eigenvalue weighted by Gasteiger charge is -2.22. The number of benzene rings is 12. The van der Waals surface area contributed by atoms with E-state index in [0.29, 0.717) is 36.0 Å². The van der Waals surface area contributed by atoms with Crippen LogP contribution in [0.4, 0.5) is 0 Å². The van der Waals surface area contributed by atoms with Gasteiger partial charge in [0.15, 0.2) is 22.8 Å². The van der Waals surface area contributed by atoms with Crippen molar-refractivity contribution in [3.05, 3.63) is 306 Å². The highest BCUT2D eigenvalue weighted by molar-refractivity contribution is 6.15. The molecular formula is C114H128N4+4. The lowest BCUT2D eigenvalue weighted by molar-refractivity contribution is -0.665. The predicted molar refractivity (Wildman–Crippen MR) is 508 cm³/mol. The molecule has 0 spiro atoms. The Hall–Kier alpha value is -10.7. The minimum absolute atomic E-state index is 0.0792. The fourth-order valence-electron chi connectivity index (χ4n) is 19.3. The lowest BCUT2D eigenvalue weighted by atomic mass is 9.82. The Labute approximate surface area is 710 Å². The molecule has 2 aliphatic carbocycles. The number of nitrogens with zero attached hydrogens (tertiary/aromatic N) is 4. The molecule has 2 fully saturated rings. The fourth-order valence-corrected chi connectivity index (χ4v) is 19.3. The van der Waals surface area contributed by atoms with E-state index in [9.17, 15) is 0 Å². The van der Waals surface area contributed by atoms with Crippen LogP contribution in [0.2, 0.25) is 0 Å². The van der Waals surface area contributed by atoms with Crippen molar-refractivity contribution in [3.63, 3.8) is 0 Å². The Kier molecular flexibility index (Phi) is 21.1. The minimum atomic E-state index is 0.0792. The highest BCUT2D eigenvalue weighted by atomic mass is 15.0. The van der Waals surface area contributed by atoms with E-state index in [2.05, 4.69) is 369 Å². The van der Waals surface area contributed by atoms with Gasteiger partial charge in [-0.3, -0.25) is 0 Å². The van der Waals surface area contributed by atoms with Crippen molar-refractivity contribution in [1.29, 1.82) is 0 Å². The third kappa shape index (κ3) is 15.3. The van der Waals surface area contributed by atoms with Crippen molar-refractivity contribution in [3.8, 4) is 45.0 Å². The maximum absolute atomic E-state index is 8.99. The van der Waals surface area contributed by atoms with Gasteiger partial charge in [-0.25, -0.2) is 0 Å². The summed E-state index contributed by atoms with van der Waals surface area (Å²) < 4.78 is 44.8. The fraction of sp³-hybridized carbons (Fsp3) is 0.333. The van der Waals surface area contributed by atoms with Crippen LogP contribution in [-0.4, -0.2) is 0 Å². The van der Waals surface area contributed by atoms with E-state index >= 15 is 0 Å². The average molecular weight is 1560 g/mol. The van der Waals surface area contributed by atoms with Gasteiger partial charge in [0.25, 0.3) is 0 Å². The highest BCUT2D eigenvalue weighted by Crippen LogP contribution is 2.45. The number of aryl methyl sites for hydroxylation is 8. The van der Waals surface area contributed by atoms with Crippen LogP contribution in [0.15, 0.2) is 194 Å². The molecule has 12 aromatic carbocycles. The summed E-state index contributed by atoms with van der Waals surface area (Å²) in [4.78, 5) is 0. The van der Waals surface area contributed by atoms with Crippen molar-refractivity contribution in [1.82, 2.24) is 0 Å². The van der Waals surface area contributed by atoms with Crippen LogP contribution in [0.3, 0.4) is 0 Å². The average Bonchev–Trinajstić information content (AvgIpc) is 0.848. The number of pyridine rings is 4. The van der Waals surface area contributed by atoms with Gasteiger partial charge in [-0.2, -0.15) is 18.3 Å². The van der Waals surface area contributed by atoms with E-state index in [1.165, 1.54) is 234 Å². The molecule has 4 nitrogen and oxygen atoms in total. The molecule has 2 aliphatic rings. The van der Waals surface area contributed by atoms with E-state index in [4.69, 9.17) is 5.48 Å². The van der Waals surface area contributed by atoms with Gasteiger partial charge in [-0.15, -0.1) is 0 Å². The molecule has 0 unspecified atom stereocenters. The molecule has 600 valence electrons. The van der Waals surface area contributed by atoms with Crippen molar-refractivity contribution in [2.45, 2.75) is 226 Å². The summed E-state index contributed by atoms with van der Waals surface area (Å²) in [6, 6.07) is 65.4. The second-order valence-electron chi connectivity index (χ2n) is 37.6. The number of hydrogen-bond donors (Lipinski definition) is 0. The first kappa shape index (κ1) is 77.2. The molecule has 16 aromatic rings. The summed E-state index contributed by atoms with van der Waals surface area (Å²) in [5, 5.41) is 18.5. The Morgan fingerprint density at radius 2 is 0.534 bits per heavy atom. The third-order valence-corrected chi connectivity index (χ3v) is 27.6. The van der Waals surface area contributed by atoms with Crippen LogP contribution in [0.1, 0.15) is 222 Å². The zero-order valence-corrected chi connectivity index (χ0v) is 75.8. The third-order valence-electron chi connectivity index (χ3n) is 27.6. The molecule has 2 saturated carbocycles. The first-order valence-corrected chi connectivity index (χ1v) is 43.5. The normalized spacial score (nSPS) is 14.0. The second kappa shape index (κ2) is 32.2. The molecule has 0 atom stereocenters. The van der Waals surface area contributed by atoms with Gasteiger partial charge in [0, 0.05) is 73.4 Å². The van der Waals surface area contributed by atoms with E-state index < -0.39 is 0 Å². The molecule has 0 saturated heterocycles. The number of rotatable bonds is 6. The summed E-state index contributed by atoms with van der Waals surface area (Å²) in [6.45, 7) is 48.4. The van der Waals surface area contributed by atoms with Crippen molar-refractivity contribution >= 4 is 86.2 Å². The van der Waals surface area contributed by atoms with Crippen LogP contribution in [-0.2, 0) is 39.0 Å². The van der Waals surface area contributed by atoms with E-state index in [0.717, 1.165) is 60.5 Å². The minimum Gasteiger partial charge on any atom is -0.198 e. The largest absolute Gasteiger partial charge is 0.220 e. The molecular weight excluding hydrogens is 1430 g/mol. The Morgan fingerprint density at radius 1 is 0.263 bits per heavy atom. The first-order valence-electron chi connectivity index (χ1n) is 45.5. The zero-order chi connectivity index (χ0) is 87.6. The van der Waals surface area contributed by atoms with Gasteiger partial charge < -0.3 is 0 Å². The van der Waals surface area contributed by atoms with Gasteiger partial charge in [0.05, 0.1) is 49.3 Å². The summed E-state index contributed by atoms with van der Waals surface area (Å²) in [7, 11) is 8.44. The maximum Gasteiger partial charge on any atom is 0.220 e. The van der Waals surface area contributed by atoms with E-state index in [-0.39, 0.29) is 10.8 Å². The topological polar surface area (TPSA) is 15.5 Å². The maximum atomic E-state index is 8.99. The Bertz CT molecular complexity index is 7010. The quantitative estimate of drug-likeness (QED) is 0.116. The summed E-state index contributed by atoms with van der Waals surface area (Å²) in [5.74, 6) is 1.38. The van der Waals surface area contributed by atoms with Crippen LogP contribution >= 0.6 is 0 Å². The Morgan fingerprint density at radius 3 is 0.847 bits per heavy atom. The summed E-state index contributed by atoms with van der Waals surface area (Å²) in [5.41, 5.74) is 35.6. The number of aromatic nitrogens is 4. The van der Waals surface area contributed by atoms with E-state index in [1.807, 2.05) is 0 Å². The van der Waals surface area contributed by atoms with Crippen molar-refractivity contribution in [2.75, 3.05) is 0 Å². The van der Waals surface area contributed by atoms with E-state index in [1.54, 1.807) is 0 Å². The smallest absolute Gasteiger partial charge is 0.198 e. The number of hydrogen-bond acceptors (Lipinski definition) is 0. The van der Waals surface area contributed by atoms with Crippen LogP contribution in [0.25, 0.3) is 131 Å². The number of fused-ring (bicyclic) bond motifs is 12. The van der Waals surface area contributed by atoms with Gasteiger partial charge >= 0.3 is 0 Å². The molecule has 18 rings (SSSR count). The van der Waals surface area contributed by atoms with Gasteiger partial charge in [0.1, 0.15) is 28.2 Å². The van der Waals surface area contributed by atoms with Gasteiger partial charge in [-0.1, -0.05) is 200 Å². The molecule has 4 heteroatoms. The molecule has 0 radical (unpaired) electrons. The monoisotopic (exact) mass is 1560 g/mol.